The van der Waals surface area contributed by atoms with Crippen molar-refractivity contribution >= 4 is 0 Å². The molecule has 1 aromatic heterocycles. The second-order valence-electron chi connectivity index (χ2n) is 10.6. The van der Waals surface area contributed by atoms with E-state index in [9.17, 15) is 5.11 Å². The van der Waals surface area contributed by atoms with Gasteiger partial charge in [-0.1, -0.05) is 80.6 Å². The van der Waals surface area contributed by atoms with Gasteiger partial charge in [0.05, 0.1) is 33.4 Å². The minimum atomic E-state index is -1.20. The third-order valence-corrected chi connectivity index (χ3v) is 7.29. The van der Waals surface area contributed by atoms with Crippen molar-refractivity contribution in [3.8, 4) is 5.75 Å². The smallest absolute Gasteiger partial charge is 0.231 e. The Bertz CT molecular complexity index is 1010. The van der Waals surface area contributed by atoms with Gasteiger partial charge in [-0.2, -0.15) is 0 Å². The van der Waals surface area contributed by atoms with Gasteiger partial charge < -0.3 is 18.7 Å². The van der Waals surface area contributed by atoms with Crippen molar-refractivity contribution in [1.82, 2.24) is 4.98 Å². The van der Waals surface area contributed by atoms with E-state index in [4.69, 9.17) is 9.15 Å². The lowest BCUT2D eigenvalue weighted by Crippen LogP contribution is -2.40. The van der Waals surface area contributed by atoms with Gasteiger partial charge in [-0.25, -0.2) is 4.98 Å². The molecule has 5 nitrogen and oxygen atoms in total. The predicted molar refractivity (Wildman–Crippen MR) is 139 cm³/mol. The summed E-state index contributed by atoms with van der Waals surface area (Å²) in [5.74, 6) is 2.27. The fourth-order valence-electron chi connectivity index (χ4n) is 5.36. The van der Waals surface area contributed by atoms with Crippen LogP contribution in [0.25, 0.3) is 0 Å². The first-order valence-corrected chi connectivity index (χ1v) is 13.2. The van der Waals surface area contributed by atoms with E-state index >= 15 is 0 Å². The molecule has 0 radical (unpaired) electrons. The summed E-state index contributed by atoms with van der Waals surface area (Å²) >= 11 is 0. The second-order valence-corrected chi connectivity index (χ2v) is 10.6. The Kier molecular flexibility index (Phi) is 8.64. The maximum atomic E-state index is 12.2. The molecule has 2 aromatic carbocycles. The number of rotatable bonds is 10. The van der Waals surface area contributed by atoms with E-state index in [0.29, 0.717) is 19.0 Å². The van der Waals surface area contributed by atoms with E-state index in [1.807, 2.05) is 66.9 Å². The summed E-state index contributed by atoms with van der Waals surface area (Å²) in [7, 11) is 4.39. The topological polar surface area (TPSA) is 55.5 Å². The van der Waals surface area contributed by atoms with Gasteiger partial charge in [0.15, 0.2) is 11.4 Å². The first kappa shape index (κ1) is 25.5. The van der Waals surface area contributed by atoms with Crippen molar-refractivity contribution in [3.05, 3.63) is 84.1 Å². The SMILES string of the molecule is C[N+](C)(CCCOc1ccccc1)Cc1cnc(C(O)(c2ccccc2)C2CCCCCCC2)o1. The summed E-state index contributed by atoms with van der Waals surface area (Å²) in [6.07, 6.45) is 10.8. The number of aliphatic hydroxyl groups is 1. The molecular formula is C30H41N2O3+. The Balaban J connectivity index is 1.44. The summed E-state index contributed by atoms with van der Waals surface area (Å²) in [6, 6.07) is 19.9. The molecule has 0 amide bonds. The zero-order valence-electron chi connectivity index (χ0n) is 21.4. The van der Waals surface area contributed by atoms with Crippen molar-refractivity contribution in [2.45, 2.75) is 63.5 Å². The summed E-state index contributed by atoms with van der Waals surface area (Å²) in [4.78, 5) is 4.66. The lowest BCUT2D eigenvalue weighted by molar-refractivity contribution is -0.904. The lowest BCUT2D eigenvalue weighted by atomic mass is 9.74. The Morgan fingerprint density at radius 2 is 1.57 bits per heavy atom. The van der Waals surface area contributed by atoms with E-state index in [-0.39, 0.29) is 5.92 Å². The number of aromatic nitrogens is 1. The average Bonchev–Trinajstić information content (AvgIpc) is 3.31. The zero-order chi connectivity index (χ0) is 24.6. The monoisotopic (exact) mass is 477 g/mol. The minimum absolute atomic E-state index is 0.106. The third kappa shape index (κ3) is 6.74. The van der Waals surface area contributed by atoms with Crippen molar-refractivity contribution in [2.75, 3.05) is 27.2 Å². The van der Waals surface area contributed by atoms with Crippen molar-refractivity contribution in [2.24, 2.45) is 5.92 Å². The van der Waals surface area contributed by atoms with Gasteiger partial charge in [-0.15, -0.1) is 0 Å². The van der Waals surface area contributed by atoms with Crippen LogP contribution in [0.3, 0.4) is 0 Å². The first-order valence-electron chi connectivity index (χ1n) is 13.2. The number of nitrogens with zero attached hydrogens (tertiary/aromatic N) is 2. The molecule has 1 aliphatic carbocycles. The van der Waals surface area contributed by atoms with Crippen LogP contribution >= 0.6 is 0 Å². The van der Waals surface area contributed by atoms with E-state index in [0.717, 1.165) is 60.2 Å². The molecule has 1 unspecified atom stereocenters. The summed E-state index contributed by atoms with van der Waals surface area (Å²) < 4.78 is 13.0. The molecule has 35 heavy (non-hydrogen) atoms. The molecular weight excluding hydrogens is 436 g/mol. The molecule has 1 saturated carbocycles. The Morgan fingerprint density at radius 1 is 0.943 bits per heavy atom. The number of benzene rings is 2. The van der Waals surface area contributed by atoms with Crippen LogP contribution in [0.1, 0.15) is 68.6 Å². The van der Waals surface area contributed by atoms with Gasteiger partial charge in [0.2, 0.25) is 5.89 Å². The van der Waals surface area contributed by atoms with Gasteiger partial charge in [0.25, 0.3) is 0 Å². The van der Waals surface area contributed by atoms with E-state index in [1.165, 1.54) is 19.3 Å². The normalized spacial score (nSPS) is 17.3. The van der Waals surface area contributed by atoms with Crippen molar-refractivity contribution in [3.63, 3.8) is 0 Å². The maximum absolute atomic E-state index is 12.2. The highest BCUT2D eigenvalue weighted by atomic mass is 16.5. The summed E-state index contributed by atoms with van der Waals surface area (Å²) in [5, 5.41) is 12.2. The van der Waals surface area contributed by atoms with Gasteiger partial charge in [0, 0.05) is 12.3 Å². The molecule has 1 N–H and O–H groups in total. The van der Waals surface area contributed by atoms with Gasteiger partial charge in [-0.05, 0) is 30.5 Å². The van der Waals surface area contributed by atoms with Crippen LogP contribution in [0.2, 0.25) is 0 Å². The number of hydrogen-bond donors (Lipinski definition) is 1. The fourth-order valence-corrected chi connectivity index (χ4v) is 5.36. The number of quaternary nitrogens is 1. The molecule has 188 valence electrons. The van der Waals surface area contributed by atoms with Crippen LogP contribution in [-0.2, 0) is 12.1 Å². The zero-order valence-corrected chi connectivity index (χ0v) is 21.4. The van der Waals surface area contributed by atoms with Crippen LogP contribution in [-0.4, -0.2) is 41.8 Å². The molecule has 1 fully saturated rings. The molecule has 4 rings (SSSR count). The minimum Gasteiger partial charge on any atom is -0.493 e. The number of para-hydroxylation sites is 1. The molecule has 0 saturated heterocycles. The molecule has 5 heteroatoms. The van der Waals surface area contributed by atoms with Crippen LogP contribution in [0, 0.1) is 5.92 Å². The predicted octanol–water partition coefficient (Wildman–Crippen LogP) is 6.32. The van der Waals surface area contributed by atoms with E-state index < -0.39 is 5.60 Å². The Hall–Kier alpha value is -2.63. The van der Waals surface area contributed by atoms with Gasteiger partial charge >= 0.3 is 0 Å². The Labute approximate surface area is 210 Å². The second kappa shape index (κ2) is 11.9. The van der Waals surface area contributed by atoms with E-state index in [2.05, 4.69) is 19.1 Å². The van der Waals surface area contributed by atoms with Crippen molar-refractivity contribution in [1.29, 1.82) is 0 Å². The average molecular weight is 478 g/mol. The van der Waals surface area contributed by atoms with Gasteiger partial charge in [-0.3, -0.25) is 0 Å². The lowest BCUT2D eigenvalue weighted by Gasteiger charge is -2.35. The van der Waals surface area contributed by atoms with Crippen molar-refractivity contribution < 1.29 is 18.7 Å². The maximum Gasteiger partial charge on any atom is 0.231 e. The largest absolute Gasteiger partial charge is 0.493 e. The highest BCUT2D eigenvalue weighted by Crippen LogP contribution is 2.42. The molecule has 0 spiro atoms. The van der Waals surface area contributed by atoms with Crippen LogP contribution in [0.4, 0.5) is 0 Å². The molecule has 0 aliphatic heterocycles. The third-order valence-electron chi connectivity index (χ3n) is 7.29. The Morgan fingerprint density at radius 3 is 2.26 bits per heavy atom. The summed E-state index contributed by atoms with van der Waals surface area (Å²) in [6.45, 7) is 2.35. The highest BCUT2D eigenvalue weighted by molar-refractivity contribution is 5.30. The fraction of sp³-hybridized carbons (Fsp3) is 0.500. The first-order chi connectivity index (χ1) is 17.0. The number of ether oxygens (including phenoxy) is 1. The summed E-state index contributed by atoms with van der Waals surface area (Å²) in [5.41, 5.74) is -0.317. The van der Waals surface area contributed by atoms with Crippen LogP contribution < -0.4 is 4.74 Å². The molecule has 3 aromatic rings. The number of oxazole rings is 1. The number of hydrogen-bond acceptors (Lipinski definition) is 4. The van der Waals surface area contributed by atoms with Crippen LogP contribution in [0.15, 0.2) is 71.3 Å². The molecule has 1 atom stereocenters. The molecule has 1 heterocycles. The highest BCUT2D eigenvalue weighted by Gasteiger charge is 2.44. The molecule has 1 aliphatic rings. The van der Waals surface area contributed by atoms with E-state index in [1.54, 1.807) is 0 Å². The standard InChI is InChI=1S/C30H41N2O3/c1-32(2,21-14-22-34-27-19-12-7-13-20-27)24-28-23-31-29(35-28)30(33,26-17-10-6-11-18-26)25-15-8-4-3-5-9-16-25/h6-7,10-13,17-20,23,25,33H,3-5,8-9,14-16,21-22,24H2,1-2H3/q+1. The van der Waals surface area contributed by atoms with Crippen LogP contribution in [0.5, 0.6) is 5.75 Å². The van der Waals surface area contributed by atoms with Gasteiger partial charge in [0.1, 0.15) is 12.3 Å². The quantitative estimate of drug-likeness (QED) is 0.274. The molecule has 0 bridgehead atoms.